The Morgan fingerprint density at radius 1 is 1.43 bits per heavy atom. The topological polar surface area (TPSA) is 103 Å². The number of aliphatic hydroxyl groups excluding tert-OH is 2. The molecule has 1 aliphatic heterocycles. The molecule has 0 aromatic carbocycles. The van der Waals surface area contributed by atoms with Gasteiger partial charge in [0.1, 0.15) is 18.5 Å². The first-order valence-corrected chi connectivity index (χ1v) is 6.56. The molecule has 0 spiro atoms. The van der Waals surface area contributed by atoms with Gasteiger partial charge in [-0.1, -0.05) is 0 Å². The number of fused-ring (bicyclic) bond motifs is 1. The molecule has 2 N–H and O–H groups in total. The number of alkyl halides is 1. The molecule has 1 fully saturated rings. The summed E-state index contributed by atoms with van der Waals surface area (Å²) in [4.78, 5) is 12.1. The molecule has 1 saturated heterocycles. The van der Waals surface area contributed by atoms with Crippen LogP contribution in [-0.2, 0) is 4.74 Å². The van der Waals surface area contributed by atoms with Crippen molar-refractivity contribution in [1.82, 2.24) is 19.5 Å². The molecule has 8 nitrogen and oxygen atoms in total. The maximum Gasteiger partial charge on any atom is 0.245 e. The van der Waals surface area contributed by atoms with E-state index in [1.807, 2.05) is 6.92 Å². The van der Waals surface area contributed by atoms with E-state index < -0.39 is 31.2 Å². The SMILES string of the molecule is CCOc1ncnc2c1ncn2C1OC(CO)C(O)C1F. The summed E-state index contributed by atoms with van der Waals surface area (Å²) in [5.41, 5.74) is 0.726. The molecule has 0 bridgehead atoms. The molecule has 0 aliphatic carbocycles. The van der Waals surface area contributed by atoms with Crippen molar-refractivity contribution in [3.05, 3.63) is 12.7 Å². The zero-order valence-electron chi connectivity index (χ0n) is 11.3. The molecule has 114 valence electrons. The highest BCUT2D eigenvalue weighted by Gasteiger charge is 2.45. The van der Waals surface area contributed by atoms with Gasteiger partial charge in [0.25, 0.3) is 0 Å². The summed E-state index contributed by atoms with van der Waals surface area (Å²) >= 11 is 0. The van der Waals surface area contributed by atoms with Crippen molar-refractivity contribution >= 4 is 11.2 Å². The predicted octanol–water partition coefficient (Wildman–Crippen LogP) is -0.186. The van der Waals surface area contributed by atoms with Crippen molar-refractivity contribution in [3.63, 3.8) is 0 Å². The minimum absolute atomic E-state index is 0.300. The van der Waals surface area contributed by atoms with E-state index in [4.69, 9.17) is 14.6 Å². The molecule has 0 radical (unpaired) electrons. The number of rotatable bonds is 4. The van der Waals surface area contributed by atoms with Gasteiger partial charge in [-0.25, -0.2) is 14.4 Å². The molecule has 0 saturated carbocycles. The third-order valence-corrected chi connectivity index (χ3v) is 3.35. The molecule has 2 aromatic heterocycles. The van der Waals surface area contributed by atoms with Gasteiger partial charge in [0.15, 0.2) is 23.6 Å². The van der Waals surface area contributed by atoms with E-state index in [1.54, 1.807) is 0 Å². The Hall–Kier alpha value is -1.84. The van der Waals surface area contributed by atoms with Crippen molar-refractivity contribution < 1.29 is 24.1 Å². The molecular weight excluding hydrogens is 283 g/mol. The minimum atomic E-state index is -1.69. The monoisotopic (exact) mass is 298 g/mol. The predicted molar refractivity (Wildman–Crippen MR) is 68.4 cm³/mol. The van der Waals surface area contributed by atoms with Gasteiger partial charge in [-0.3, -0.25) is 4.57 Å². The Morgan fingerprint density at radius 2 is 2.24 bits per heavy atom. The van der Waals surface area contributed by atoms with Gasteiger partial charge in [0.05, 0.1) is 19.5 Å². The number of hydrogen-bond acceptors (Lipinski definition) is 7. The first kappa shape index (κ1) is 14.1. The van der Waals surface area contributed by atoms with Gasteiger partial charge in [-0.2, -0.15) is 4.98 Å². The average Bonchev–Trinajstić information content (AvgIpc) is 3.03. The molecule has 3 rings (SSSR count). The van der Waals surface area contributed by atoms with Gasteiger partial charge < -0.3 is 19.7 Å². The van der Waals surface area contributed by atoms with Crippen LogP contribution in [0.25, 0.3) is 11.2 Å². The lowest BCUT2D eigenvalue weighted by molar-refractivity contribution is -0.0459. The summed E-state index contributed by atoms with van der Waals surface area (Å²) in [5.74, 6) is 0.300. The van der Waals surface area contributed by atoms with Crippen molar-refractivity contribution in [3.8, 4) is 5.88 Å². The van der Waals surface area contributed by atoms with Gasteiger partial charge in [0, 0.05) is 0 Å². The van der Waals surface area contributed by atoms with Crippen LogP contribution in [0.5, 0.6) is 5.88 Å². The van der Waals surface area contributed by atoms with E-state index in [0.29, 0.717) is 23.7 Å². The van der Waals surface area contributed by atoms with Crippen LogP contribution in [0.15, 0.2) is 12.7 Å². The Balaban J connectivity index is 2.00. The number of ether oxygens (including phenoxy) is 2. The lowest BCUT2D eigenvalue weighted by Gasteiger charge is -2.14. The largest absolute Gasteiger partial charge is 0.476 e. The number of aromatic nitrogens is 4. The van der Waals surface area contributed by atoms with Crippen LogP contribution in [0.4, 0.5) is 4.39 Å². The van der Waals surface area contributed by atoms with E-state index in [2.05, 4.69) is 15.0 Å². The van der Waals surface area contributed by atoms with E-state index in [0.717, 1.165) is 0 Å². The molecule has 9 heteroatoms. The van der Waals surface area contributed by atoms with Crippen LogP contribution in [0.1, 0.15) is 13.2 Å². The molecule has 4 atom stereocenters. The Bertz CT molecular complexity index is 637. The molecule has 21 heavy (non-hydrogen) atoms. The summed E-state index contributed by atoms with van der Waals surface area (Å²) < 4.78 is 26.2. The fraction of sp³-hybridized carbons (Fsp3) is 0.583. The molecular formula is C12H15FN4O4. The van der Waals surface area contributed by atoms with E-state index in [-0.39, 0.29) is 0 Å². The van der Waals surface area contributed by atoms with Gasteiger partial charge in [-0.05, 0) is 6.92 Å². The third-order valence-electron chi connectivity index (χ3n) is 3.35. The Kier molecular flexibility index (Phi) is 3.70. The van der Waals surface area contributed by atoms with Crippen molar-refractivity contribution in [2.24, 2.45) is 0 Å². The summed E-state index contributed by atoms with van der Waals surface area (Å²) in [6, 6.07) is 0. The summed E-state index contributed by atoms with van der Waals surface area (Å²) in [6.45, 7) is 1.75. The standard InChI is InChI=1S/C12H15FN4O4/c1-2-20-11-8-10(14-4-15-11)17(5-16-8)12-7(13)9(19)6(3-18)21-12/h4-7,9,12,18-19H,2-3H2,1H3. The molecule has 2 aromatic rings. The molecule has 3 heterocycles. The second-order valence-electron chi connectivity index (χ2n) is 4.62. The first-order valence-electron chi connectivity index (χ1n) is 6.56. The van der Waals surface area contributed by atoms with Crippen molar-refractivity contribution in [1.29, 1.82) is 0 Å². The van der Waals surface area contributed by atoms with E-state index in [9.17, 15) is 9.50 Å². The molecule has 0 amide bonds. The highest BCUT2D eigenvalue weighted by molar-refractivity contribution is 5.76. The van der Waals surface area contributed by atoms with Gasteiger partial charge in [0.2, 0.25) is 5.88 Å². The van der Waals surface area contributed by atoms with Crippen LogP contribution in [0.2, 0.25) is 0 Å². The quantitative estimate of drug-likeness (QED) is 0.806. The third kappa shape index (κ3) is 2.23. The second-order valence-corrected chi connectivity index (χ2v) is 4.62. The lowest BCUT2D eigenvalue weighted by Crippen LogP contribution is -2.30. The average molecular weight is 298 g/mol. The van der Waals surface area contributed by atoms with Crippen LogP contribution >= 0.6 is 0 Å². The maximum atomic E-state index is 14.1. The Labute approximate surface area is 119 Å². The van der Waals surface area contributed by atoms with Crippen molar-refractivity contribution in [2.45, 2.75) is 31.5 Å². The number of imidazole rings is 1. The fourth-order valence-corrected chi connectivity index (χ4v) is 2.34. The molecule has 1 aliphatic rings. The number of hydrogen-bond donors (Lipinski definition) is 2. The van der Waals surface area contributed by atoms with Crippen LogP contribution < -0.4 is 4.74 Å². The van der Waals surface area contributed by atoms with Crippen LogP contribution in [0, 0.1) is 0 Å². The highest BCUT2D eigenvalue weighted by atomic mass is 19.1. The summed E-state index contributed by atoms with van der Waals surface area (Å²) in [5, 5.41) is 18.8. The first-order chi connectivity index (χ1) is 10.2. The van der Waals surface area contributed by atoms with Crippen LogP contribution in [-0.4, -0.2) is 61.3 Å². The normalized spacial score (nSPS) is 29.1. The fourth-order valence-electron chi connectivity index (χ4n) is 2.34. The van der Waals surface area contributed by atoms with E-state index >= 15 is 0 Å². The number of aliphatic hydroxyl groups is 2. The van der Waals surface area contributed by atoms with E-state index in [1.165, 1.54) is 17.2 Å². The number of halogens is 1. The summed E-state index contributed by atoms with van der Waals surface area (Å²) in [6.07, 6.45) is -2.53. The van der Waals surface area contributed by atoms with Crippen LogP contribution in [0.3, 0.4) is 0 Å². The zero-order valence-corrected chi connectivity index (χ0v) is 11.3. The number of nitrogens with zero attached hydrogens (tertiary/aromatic N) is 4. The smallest absolute Gasteiger partial charge is 0.245 e. The van der Waals surface area contributed by atoms with Gasteiger partial charge in [-0.15, -0.1) is 0 Å². The second kappa shape index (κ2) is 5.51. The lowest BCUT2D eigenvalue weighted by atomic mass is 10.1. The zero-order chi connectivity index (χ0) is 15.0. The maximum absolute atomic E-state index is 14.1. The highest BCUT2D eigenvalue weighted by Crippen LogP contribution is 2.34. The minimum Gasteiger partial charge on any atom is -0.476 e. The molecule has 4 unspecified atom stereocenters. The summed E-state index contributed by atoms with van der Waals surface area (Å²) in [7, 11) is 0. The van der Waals surface area contributed by atoms with Crippen molar-refractivity contribution in [2.75, 3.05) is 13.2 Å². The Morgan fingerprint density at radius 3 is 2.90 bits per heavy atom. The van der Waals surface area contributed by atoms with Gasteiger partial charge >= 0.3 is 0 Å².